The predicted molar refractivity (Wildman–Crippen MR) is 93.3 cm³/mol. The van der Waals surface area contributed by atoms with Crippen LogP contribution in [0.5, 0.6) is 5.75 Å². The van der Waals surface area contributed by atoms with Crippen LogP contribution in [0, 0.1) is 0 Å². The number of carbonyl (C=O) groups is 1. The first kappa shape index (κ1) is 16.3. The van der Waals surface area contributed by atoms with Gasteiger partial charge >= 0.3 is 0 Å². The van der Waals surface area contributed by atoms with Gasteiger partial charge in [0.15, 0.2) is 0 Å². The first-order chi connectivity index (χ1) is 11.7. The Hall–Kier alpha value is -2.53. The molecule has 5 heteroatoms. The quantitative estimate of drug-likeness (QED) is 0.828. The van der Waals surface area contributed by atoms with Crippen molar-refractivity contribution in [2.75, 3.05) is 32.2 Å². The predicted octanol–water partition coefficient (Wildman–Crippen LogP) is 3.30. The van der Waals surface area contributed by atoms with Crippen molar-refractivity contribution < 1.29 is 14.3 Å². The van der Waals surface area contributed by atoms with E-state index in [9.17, 15) is 4.79 Å². The smallest absolute Gasteiger partial charge is 0.257 e. The number of methoxy groups -OCH3 is 1. The van der Waals surface area contributed by atoms with Gasteiger partial charge in [-0.3, -0.25) is 4.79 Å². The Morgan fingerprint density at radius 2 is 1.96 bits per heavy atom. The molecule has 1 N–H and O–H groups in total. The number of rotatable bonds is 6. The van der Waals surface area contributed by atoms with Gasteiger partial charge in [0, 0.05) is 19.3 Å². The number of para-hydroxylation sites is 1. The summed E-state index contributed by atoms with van der Waals surface area (Å²) in [5.41, 5.74) is 2.57. The lowest BCUT2D eigenvalue weighted by Gasteiger charge is -2.37. The molecule has 2 aromatic carbocycles. The second kappa shape index (κ2) is 7.36. The molecule has 0 aromatic heterocycles. The molecule has 1 atom stereocenters. The maximum Gasteiger partial charge on any atom is 0.257 e. The van der Waals surface area contributed by atoms with Crippen LogP contribution < -0.4 is 10.1 Å². The topological polar surface area (TPSA) is 50.8 Å². The van der Waals surface area contributed by atoms with Gasteiger partial charge in [-0.05, 0) is 36.8 Å². The Bertz CT molecular complexity index is 717. The Morgan fingerprint density at radius 3 is 2.75 bits per heavy atom. The maximum absolute atomic E-state index is 12.8. The van der Waals surface area contributed by atoms with E-state index in [4.69, 9.17) is 9.47 Å². The Morgan fingerprint density at radius 1 is 1.12 bits per heavy atom. The summed E-state index contributed by atoms with van der Waals surface area (Å²) in [7, 11) is 1.65. The lowest BCUT2D eigenvalue weighted by Crippen LogP contribution is -2.42. The summed E-state index contributed by atoms with van der Waals surface area (Å²) in [6.45, 7) is 3.65. The van der Waals surface area contributed by atoms with Crippen LogP contribution in [0.25, 0.3) is 0 Å². The number of nitrogens with zero attached hydrogens (tertiary/aromatic N) is 1. The monoisotopic (exact) mass is 326 g/mol. The molecule has 2 aromatic rings. The molecule has 5 nitrogen and oxygen atoms in total. The molecule has 0 aliphatic carbocycles. The van der Waals surface area contributed by atoms with Crippen LogP contribution in [0.3, 0.4) is 0 Å². The summed E-state index contributed by atoms with van der Waals surface area (Å²) in [6.07, 6.45) is -0.205. The lowest BCUT2D eigenvalue weighted by molar-refractivity contribution is 0.0694. The average Bonchev–Trinajstić information content (AvgIpc) is 2.62. The van der Waals surface area contributed by atoms with Gasteiger partial charge in [-0.25, -0.2) is 0 Å². The van der Waals surface area contributed by atoms with E-state index >= 15 is 0 Å². The van der Waals surface area contributed by atoms with Crippen LogP contribution in [0.4, 0.5) is 5.69 Å². The van der Waals surface area contributed by atoms with Gasteiger partial charge < -0.3 is 19.7 Å². The van der Waals surface area contributed by atoms with Crippen LogP contribution in [0.2, 0.25) is 0 Å². The highest BCUT2D eigenvalue weighted by Gasteiger charge is 2.31. The Labute approximate surface area is 142 Å². The van der Waals surface area contributed by atoms with Crippen molar-refractivity contribution in [2.24, 2.45) is 0 Å². The molecule has 1 aliphatic rings. The fourth-order valence-corrected chi connectivity index (χ4v) is 2.90. The zero-order valence-corrected chi connectivity index (χ0v) is 14.0. The summed E-state index contributed by atoms with van der Waals surface area (Å²) in [6, 6.07) is 15.4. The minimum Gasteiger partial charge on any atom is -0.491 e. The second-order valence-electron chi connectivity index (χ2n) is 5.60. The molecule has 0 saturated heterocycles. The molecule has 0 radical (unpaired) electrons. The van der Waals surface area contributed by atoms with E-state index in [1.54, 1.807) is 7.11 Å². The van der Waals surface area contributed by atoms with Gasteiger partial charge in [0.2, 0.25) is 0 Å². The summed E-state index contributed by atoms with van der Waals surface area (Å²) >= 11 is 0. The van der Waals surface area contributed by atoms with E-state index in [0.717, 1.165) is 17.0 Å². The standard InChI is InChI=1S/C19H22N2O3/c1-3-21-18(20-17-10-5-4-9-16(17)19(21)22)14-7-6-8-15(13-14)24-12-11-23-2/h4-10,13,18,20H,3,11-12H2,1-2H3. The number of hydrogen-bond donors (Lipinski definition) is 1. The zero-order valence-electron chi connectivity index (χ0n) is 14.0. The second-order valence-corrected chi connectivity index (χ2v) is 5.60. The Balaban J connectivity index is 1.88. The number of fused-ring (bicyclic) bond motifs is 1. The van der Waals surface area contributed by atoms with Crippen molar-refractivity contribution in [3.8, 4) is 5.75 Å². The molecule has 1 heterocycles. The summed E-state index contributed by atoms with van der Waals surface area (Å²) in [5, 5.41) is 3.46. The van der Waals surface area contributed by atoms with Crippen molar-refractivity contribution in [2.45, 2.75) is 13.1 Å². The van der Waals surface area contributed by atoms with Gasteiger partial charge in [0.1, 0.15) is 18.5 Å². The first-order valence-electron chi connectivity index (χ1n) is 8.13. The molecule has 0 spiro atoms. The number of amides is 1. The fraction of sp³-hybridized carbons (Fsp3) is 0.316. The highest BCUT2D eigenvalue weighted by Crippen LogP contribution is 2.33. The number of carbonyl (C=O) groups excluding carboxylic acids is 1. The molecule has 126 valence electrons. The van der Waals surface area contributed by atoms with Gasteiger partial charge in [0.05, 0.1) is 12.2 Å². The highest BCUT2D eigenvalue weighted by atomic mass is 16.5. The molecule has 0 fully saturated rings. The van der Waals surface area contributed by atoms with Crippen LogP contribution in [-0.4, -0.2) is 37.7 Å². The zero-order chi connectivity index (χ0) is 16.9. The number of nitrogens with one attached hydrogen (secondary N) is 1. The van der Waals surface area contributed by atoms with Crippen LogP contribution >= 0.6 is 0 Å². The van der Waals surface area contributed by atoms with Crippen LogP contribution in [0.15, 0.2) is 48.5 Å². The third-order valence-electron chi connectivity index (χ3n) is 4.09. The molecule has 0 bridgehead atoms. The van der Waals surface area contributed by atoms with Crippen LogP contribution in [-0.2, 0) is 4.74 Å². The highest BCUT2D eigenvalue weighted by molar-refractivity contribution is 6.01. The van der Waals surface area contributed by atoms with Crippen molar-refractivity contribution in [1.82, 2.24) is 4.90 Å². The minimum atomic E-state index is -0.205. The normalized spacial score (nSPS) is 16.5. The SMILES string of the molecule is CCN1C(=O)c2ccccc2NC1c1cccc(OCCOC)c1. The molecule has 3 rings (SSSR count). The van der Waals surface area contributed by atoms with Gasteiger partial charge in [-0.15, -0.1) is 0 Å². The van der Waals surface area contributed by atoms with Crippen molar-refractivity contribution in [3.63, 3.8) is 0 Å². The lowest BCUT2D eigenvalue weighted by atomic mass is 10.0. The minimum absolute atomic E-state index is 0.0440. The van der Waals surface area contributed by atoms with E-state index in [1.807, 2.05) is 60.4 Å². The molecule has 1 unspecified atom stereocenters. The van der Waals surface area contributed by atoms with Gasteiger partial charge in [0.25, 0.3) is 5.91 Å². The van der Waals surface area contributed by atoms with Gasteiger partial charge in [-0.1, -0.05) is 24.3 Å². The molecule has 1 amide bonds. The molecule has 24 heavy (non-hydrogen) atoms. The average molecular weight is 326 g/mol. The van der Waals surface area contributed by atoms with Crippen molar-refractivity contribution >= 4 is 11.6 Å². The van der Waals surface area contributed by atoms with E-state index in [1.165, 1.54) is 0 Å². The van der Waals surface area contributed by atoms with E-state index in [0.29, 0.717) is 25.3 Å². The molecular formula is C19H22N2O3. The van der Waals surface area contributed by atoms with Gasteiger partial charge in [-0.2, -0.15) is 0 Å². The van der Waals surface area contributed by atoms with Crippen molar-refractivity contribution in [3.05, 3.63) is 59.7 Å². The van der Waals surface area contributed by atoms with E-state index < -0.39 is 0 Å². The number of benzene rings is 2. The summed E-state index contributed by atoms with van der Waals surface area (Å²) in [5.74, 6) is 0.816. The summed E-state index contributed by atoms with van der Waals surface area (Å²) < 4.78 is 10.7. The largest absolute Gasteiger partial charge is 0.491 e. The molecule has 1 aliphatic heterocycles. The fourth-order valence-electron chi connectivity index (χ4n) is 2.90. The van der Waals surface area contributed by atoms with E-state index in [-0.39, 0.29) is 12.1 Å². The van der Waals surface area contributed by atoms with E-state index in [2.05, 4.69) is 5.32 Å². The van der Waals surface area contributed by atoms with Crippen molar-refractivity contribution in [1.29, 1.82) is 0 Å². The summed E-state index contributed by atoms with van der Waals surface area (Å²) in [4.78, 5) is 14.6. The van der Waals surface area contributed by atoms with Crippen LogP contribution in [0.1, 0.15) is 29.0 Å². The molecule has 0 saturated carbocycles. The third-order valence-corrected chi connectivity index (χ3v) is 4.09. The maximum atomic E-state index is 12.8. The molecular weight excluding hydrogens is 304 g/mol. The number of anilines is 1. The third kappa shape index (κ3) is 3.21. The number of ether oxygens (including phenoxy) is 2. The number of hydrogen-bond acceptors (Lipinski definition) is 4. The first-order valence-corrected chi connectivity index (χ1v) is 8.13. The Kier molecular flexibility index (Phi) is 5.01.